The van der Waals surface area contributed by atoms with E-state index in [1.54, 1.807) is 29.2 Å². The van der Waals surface area contributed by atoms with Crippen molar-refractivity contribution in [3.05, 3.63) is 59.1 Å². The van der Waals surface area contributed by atoms with E-state index < -0.39 is 11.9 Å². The van der Waals surface area contributed by atoms with Crippen molar-refractivity contribution in [2.45, 2.75) is 13.3 Å². The lowest BCUT2D eigenvalue weighted by Crippen LogP contribution is -2.27. The Kier molecular flexibility index (Phi) is 4.35. The Hall–Kier alpha value is -2.33. The number of hydrogen-bond donors (Lipinski definition) is 0. The molecule has 1 fully saturated rings. The maximum atomic E-state index is 12.3. The zero-order valence-corrected chi connectivity index (χ0v) is 13.4. The normalized spacial score (nSPS) is 17.4. The Balaban J connectivity index is 1.71. The van der Waals surface area contributed by atoms with E-state index in [1.807, 2.05) is 31.2 Å². The van der Waals surface area contributed by atoms with E-state index in [0.29, 0.717) is 17.3 Å². The van der Waals surface area contributed by atoms with Gasteiger partial charge in [-0.2, -0.15) is 0 Å². The zero-order chi connectivity index (χ0) is 16.4. The van der Waals surface area contributed by atoms with E-state index in [2.05, 4.69) is 0 Å². The molecule has 0 bridgehead atoms. The van der Waals surface area contributed by atoms with Crippen LogP contribution in [0, 0.1) is 12.8 Å². The van der Waals surface area contributed by atoms with Gasteiger partial charge >= 0.3 is 5.97 Å². The van der Waals surface area contributed by atoms with Crippen molar-refractivity contribution in [3.63, 3.8) is 0 Å². The van der Waals surface area contributed by atoms with Gasteiger partial charge in [0, 0.05) is 18.7 Å². The molecule has 2 aromatic carbocycles. The first-order chi connectivity index (χ1) is 11.0. The summed E-state index contributed by atoms with van der Waals surface area (Å²) in [6.07, 6.45) is 0.150. The summed E-state index contributed by atoms with van der Waals surface area (Å²) in [4.78, 5) is 26.1. The lowest BCUT2D eigenvalue weighted by Gasteiger charge is -2.16. The average Bonchev–Trinajstić information content (AvgIpc) is 2.92. The van der Waals surface area contributed by atoms with Crippen LogP contribution in [0.1, 0.15) is 12.0 Å². The lowest BCUT2D eigenvalue weighted by molar-refractivity contribution is -0.139. The number of para-hydroxylation sites is 1. The van der Waals surface area contributed by atoms with Crippen LogP contribution in [0.4, 0.5) is 5.69 Å². The molecule has 1 amide bonds. The highest BCUT2D eigenvalue weighted by Crippen LogP contribution is 2.28. The fourth-order valence-corrected chi connectivity index (χ4v) is 2.73. The highest BCUT2D eigenvalue weighted by Gasteiger charge is 2.36. The predicted molar refractivity (Wildman–Crippen MR) is 88.7 cm³/mol. The fourth-order valence-electron chi connectivity index (χ4n) is 2.56. The van der Waals surface area contributed by atoms with Crippen molar-refractivity contribution < 1.29 is 14.3 Å². The molecule has 1 unspecified atom stereocenters. The van der Waals surface area contributed by atoms with Crippen LogP contribution in [0.3, 0.4) is 0 Å². The first kappa shape index (κ1) is 15.6. The molecule has 0 saturated carbocycles. The second-order valence-corrected chi connectivity index (χ2v) is 6.00. The molecule has 0 radical (unpaired) electrons. The molecule has 3 rings (SSSR count). The summed E-state index contributed by atoms with van der Waals surface area (Å²) in [5.41, 5.74) is 1.92. The molecule has 1 heterocycles. The molecule has 2 aromatic rings. The number of halogens is 1. The first-order valence-corrected chi connectivity index (χ1v) is 7.75. The Morgan fingerprint density at radius 1 is 1.17 bits per heavy atom. The maximum absolute atomic E-state index is 12.3. The lowest BCUT2D eigenvalue weighted by atomic mass is 10.1. The number of aryl methyl sites for hydroxylation is 1. The van der Waals surface area contributed by atoms with Crippen LogP contribution in [0.2, 0.25) is 5.02 Å². The largest absolute Gasteiger partial charge is 0.425 e. The van der Waals surface area contributed by atoms with Gasteiger partial charge in [-0.05, 0) is 31.2 Å². The number of nitrogens with zero attached hydrogens (tertiary/aromatic N) is 1. The Morgan fingerprint density at radius 2 is 1.87 bits per heavy atom. The minimum absolute atomic E-state index is 0.0741. The molecule has 4 nitrogen and oxygen atoms in total. The van der Waals surface area contributed by atoms with Crippen LogP contribution >= 0.6 is 11.6 Å². The zero-order valence-electron chi connectivity index (χ0n) is 12.7. The minimum atomic E-state index is -0.486. The highest BCUT2D eigenvalue weighted by molar-refractivity contribution is 6.32. The molecular weight excluding hydrogens is 314 g/mol. The molecule has 0 spiro atoms. The molecule has 118 valence electrons. The van der Waals surface area contributed by atoms with Gasteiger partial charge in [-0.25, -0.2) is 0 Å². The van der Waals surface area contributed by atoms with E-state index >= 15 is 0 Å². The first-order valence-electron chi connectivity index (χ1n) is 7.38. The summed E-state index contributed by atoms with van der Waals surface area (Å²) in [5.74, 6) is -0.670. The average molecular weight is 330 g/mol. The standard InChI is InChI=1S/C18H16ClNO3/c1-12-6-8-14(9-7-12)20-11-13(10-17(20)21)18(22)23-16-5-3-2-4-15(16)19/h2-9,13H,10-11H2,1H3. The van der Waals surface area contributed by atoms with Crippen molar-refractivity contribution >= 4 is 29.2 Å². The number of carbonyl (C=O) groups is 2. The molecular formula is C18H16ClNO3. The van der Waals surface area contributed by atoms with Crippen molar-refractivity contribution in [1.82, 2.24) is 0 Å². The number of hydrogen-bond acceptors (Lipinski definition) is 3. The van der Waals surface area contributed by atoms with E-state index in [9.17, 15) is 9.59 Å². The van der Waals surface area contributed by atoms with Gasteiger partial charge < -0.3 is 9.64 Å². The van der Waals surface area contributed by atoms with Crippen LogP contribution in [-0.2, 0) is 9.59 Å². The van der Waals surface area contributed by atoms with Crippen molar-refractivity contribution in [1.29, 1.82) is 0 Å². The van der Waals surface area contributed by atoms with Crippen LogP contribution in [0.5, 0.6) is 5.75 Å². The van der Waals surface area contributed by atoms with Crippen molar-refractivity contribution in [2.24, 2.45) is 5.92 Å². The smallest absolute Gasteiger partial charge is 0.316 e. The van der Waals surface area contributed by atoms with Crippen LogP contribution in [0.25, 0.3) is 0 Å². The molecule has 5 heteroatoms. The molecule has 1 atom stereocenters. The number of anilines is 1. The third kappa shape index (κ3) is 3.37. The Labute approximate surface area is 139 Å². The summed E-state index contributed by atoms with van der Waals surface area (Å²) >= 11 is 5.99. The summed E-state index contributed by atoms with van der Waals surface area (Å²) in [6.45, 7) is 2.31. The SMILES string of the molecule is Cc1ccc(N2CC(C(=O)Oc3ccccc3Cl)CC2=O)cc1. The van der Waals surface area contributed by atoms with Crippen LogP contribution in [0.15, 0.2) is 48.5 Å². The van der Waals surface area contributed by atoms with Gasteiger partial charge in [0.2, 0.25) is 5.91 Å². The van der Waals surface area contributed by atoms with Crippen molar-refractivity contribution in [2.75, 3.05) is 11.4 Å². The van der Waals surface area contributed by atoms with E-state index in [-0.39, 0.29) is 12.3 Å². The highest BCUT2D eigenvalue weighted by atomic mass is 35.5. The second kappa shape index (κ2) is 6.42. The number of ether oxygens (including phenoxy) is 1. The number of benzene rings is 2. The van der Waals surface area contributed by atoms with Gasteiger partial charge in [0.05, 0.1) is 10.9 Å². The fraction of sp³-hybridized carbons (Fsp3) is 0.222. The monoisotopic (exact) mass is 329 g/mol. The van der Waals surface area contributed by atoms with E-state index in [0.717, 1.165) is 11.3 Å². The molecule has 0 N–H and O–H groups in total. The second-order valence-electron chi connectivity index (χ2n) is 5.59. The minimum Gasteiger partial charge on any atom is -0.425 e. The third-order valence-electron chi connectivity index (χ3n) is 3.85. The van der Waals surface area contributed by atoms with Crippen LogP contribution < -0.4 is 9.64 Å². The van der Waals surface area contributed by atoms with Gasteiger partial charge in [0.15, 0.2) is 0 Å². The van der Waals surface area contributed by atoms with Crippen molar-refractivity contribution in [3.8, 4) is 5.75 Å². The quantitative estimate of drug-likeness (QED) is 0.638. The molecule has 1 aliphatic rings. The number of rotatable bonds is 3. The van der Waals surface area contributed by atoms with Gasteiger partial charge in [0.1, 0.15) is 5.75 Å². The van der Waals surface area contributed by atoms with Gasteiger partial charge in [-0.1, -0.05) is 41.4 Å². The molecule has 23 heavy (non-hydrogen) atoms. The number of esters is 1. The molecule has 1 saturated heterocycles. The number of amides is 1. The van der Waals surface area contributed by atoms with E-state index in [1.165, 1.54) is 0 Å². The maximum Gasteiger partial charge on any atom is 0.316 e. The van der Waals surface area contributed by atoms with Gasteiger partial charge in [-0.15, -0.1) is 0 Å². The Morgan fingerprint density at radius 3 is 2.57 bits per heavy atom. The molecule has 0 aliphatic carbocycles. The van der Waals surface area contributed by atoms with Crippen LogP contribution in [-0.4, -0.2) is 18.4 Å². The summed E-state index contributed by atoms with van der Waals surface area (Å²) in [5, 5.41) is 0.376. The summed E-state index contributed by atoms with van der Waals surface area (Å²) in [7, 11) is 0. The molecule has 1 aliphatic heterocycles. The van der Waals surface area contributed by atoms with Gasteiger partial charge in [0.25, 0.3) is 0 Å². The summed E-state index contributed by atoms with van der Waals surface area (Å²) in [6, 6.07) is 14.4. The number of carbonyl (C=O) groups excluding carboxylic acids is 2. The van der Waals surface area contributed by atoms with E-state index in [4.69, 9.17) is 16.3 Å². The Bertz CT molecular complexity index is 742. The topological polar surface area (TPSA) is 46.6 Å². The summed E-state index contributed by atoms with van der Waals surface area (Å²) < 4.78 is 5.33. The predicted octanol–water partition coefficient (Wildman–Crippen LogP) is 3.61. The van der Waals surface area contributed by atoms with Gasteiger partial charge in [-0.3, -0.25) is 9.59 Å². The molecule has 0 aromatic heterocycles. The third-order valence-corrected chi connectivity index (χ3v) is 4.16.